The SMILES string of the molecule is CC1(C)COP(C=O)OC1. The minimum Gasteiger partial charge on any atom is -0.328 e. The van der Waals surface area contributed by atoms with Gasteiger partial charge in [-0.15, -0.1) is 0 Å². The molecule has 1 aliphatic heterocycles. The van der Waals surface area contributed by atoms with Gasteiger partial charge in [0.05, 0.1) is 13.2 Å². The molecule has 4 heteroatoms. The molecule has 1 aliphatic rings. The quantitative estimate of drug-likeness (QED) is 0.433. The molecular formula is C6H11O3P. The molecule has 10 heavy (non-hydrogen) atoms. The molecule has 0 bridgehead atoms. The highest BCUT2D eigenvalue weighted by Gasteiger charge is 2.28. The van der Waals surface area contributed by atoms with E-state index in [0.717, 1.165) is 6.03 Å². The molecule has 0 atom stereocenters. The Bertz CT molecular complexity index is 125. The van der Waals surface area contributed by atoms with Crippen LogP contribution in [-0.4, -0.2) is 19.2 Å². The highest BCUT2D eigenvalue weighted by Crippen LogP contribution is 2.42. The van der Waals surface area contributed by atoms with Crippen molar-refractivity contribution in [3.8, 4) is 0 Å². The second kappa shape index (κ2) is 2.95. The lowest BCUT2D eigenvalue weighted by atomic mass is 9.97. The van der Waals surface area contributed by atoms with Gasteiger partial charge in [0.25, 0.3) is 0 Å². The summed E-state index contributed by atoms with van der Waals surface area (Å²) in [4.78, 5) is 10.1. The number of carbonyl (C=O) groups is 1. The molecule has 0 aromatic carbocycles. The molecule has 0 N–H and O–H groups in total. The van der Waals surface area contributed by atoms with Crippen molar-refractivity contribution in [3.05, 3.63) is 0 Å². The first-order valence-corrected chi connectivity index (χ1v) is 4.39. The third kappa shape index (κ3) is 2.01. The van der Waals surface area contributed by atoms with E-state index in [4.69, 9.17) is 9.05 Å². The third-order valence-corrected chi connectivity index (χ3v) is 2.19. The Morgan fingerprint density at radius 2 is 1.90 bits per heavy atom. The second-order valence-corrected chi connectivity index (χ2v) is 4.40. The van der Waals surface area contributed by atoms with Gasteiger partial charge in [0.1, 0.15) is 0 Å². The van der Waals surface area contributed by atoms with Crippen LogP contribution >= 0.6 is 8.38 Å². The Morgan fingerprint density at radius 1 is 1.40 bits per heavy atom. The highest BCUT2D eigenvalue weighted by molar-refractivity contribution is 7.63. The molecule has 58 valence electrons. The van der Waals surface area contributed by atoms with Gasteiger partial charge in [-0.25, -0.2) is 0 Å². The monoisotopic (exact) mass is 162 g/mol. The molecular weight excluding hydrogens is 151 g/mol. The Balaban J connectivity index is 2.38. The molecule has 0 aromatic rings. The molecule has 0 radical (unpaired) electrons. The minimum absolute atomic E-state index is 0.0713. The molecule has 0 amide bonds. The van der Waals surface area contributed by atoms with Crippen LogP contribution in [0.3, 0.4) is 0 Å². The van der Waals surface area contributed by atoms with E-state index < -0.39 is 8.38 Å². The summed E-state index contributed by atoms with van der Waals surface area (Å²) in [6.45, 7) is 5.34. The summed E-state index contributed by atoms with van der Waals surface area (Å²) in [7, 11) is -1.21. The lowest BCUT2D eigenvalue weighted by Gasteiger charge is -2.31. The van der Waals surface area contributed by atoms with Gasteiger partial charge in [-0.2, -0.15) is 0 Å². The summed E-state index contributed by atoms with van der Waals surface area (Å²) in [5.41, 5.74) is 0.0713. The maximum Gasteiger partial charge on any atom is 0.240 e. The van der Waals surface area contributed by atoms with Gasteiger partial charge < -0.3 is 9.05 Å². The van der Waals surface area contributed by atoms with Crippen molar-refractivity contribution < 1.29 is 13.8 Å². The van der Waals surface area contributed by atoms with Crippen LogP contribution in [0.2, 0.25) is 0 Å². The largest absolute Gasteiger partial charge is 0.328 e. The number of carbonyl (C=O) groups excluding carboxylic acids is 1. The maximum atomic E-state index is 10.1. The highest BCUT2D eigenvalue weighted by atomic mass is 31.2. The molecule has 1 heterocycles. The van der Waals surface area contributed by atoms with Crippen molar-refractivity contribution in [2.45, 2.75) is 13.8 Å². The van der Waals surface area contributed by atoms with Crippen molar-refractivity contribution in [2.24, 2.45) is 5.41 Å². The van der Waals surface area contributed by atoms with Crippen LogP contribution < -0.4 is 0 Å². The van der Waals surface area contributed by atoms with Crippen molar-refractivity contribution >= 4 is 14.4 Å². The molecule has 1 rings (SSSR count). The van der Waals surface area contributed by atoms with Crippen molar-refractivity contribution in [3.63, 3.8) is 0 Å². The summed E-state index contributed by atoms with van der Waals surface area (Å²) in [5, 5.41) is 0. The maximum absolute atomic E-state index is 10.1. The first-order valence-electron chi connectivity index (χ1n) is 3.14. The Kier molecular flexibility index (Phi) is 2.40. The first-order chi connectivity index (χ1) is 4.64. The van der Waals surface area contributed by atoms with Gasteiger partial charge in [-0.3, -0.25) is 4.79 Å². The van der Waals surface area contributed by atoms with E-state index in [1.54, 1.807) is 0 Å². The van der Waals surface area contributed by atoms with Gasteiger partial charge in [0.15, 0.2) is 6.03 Å². The van der Waals surface area contributed by atoms with Crippen LogP contribution in [0.25, 0.3) is 0 Å². The van der Waals surface area contributed by atoms with Crippen molar-refractivity contribution in [2.75, 3.05) is 13.2 Å². The van der Waals surface area contributed by atoms with Gasteiger partial charge in [0.2, 0.25) is 8.38 Å². The summed E-state index contributed by atoms with van der Waals surface area (Å²) in [5.74, 6) is 0. The summed E-state index contributed by atoms with van der Waals surface area (Å²) in [6.07, 6.45) is 0. The number of hydrogen-bond acceptors (Lipinski definition) is 3. The van der Waals surface area contributed by atoms with Gasteiger partial charge >= 0.3 is 0 Å². The molecule has 0 aliphatic carbocycles. The molecule has 0 saturated carbocycles. The van der Waals surface area contributed by atoms with E-state index in [0.29, 0.717) is 13.2 Å². The van der Waals surface area contributed by atoms with E-state index in [2.05, 4.69) is 0 Å². The summed E-state index contributed by atoms with van der Waals surface area (Å²) >= 11 is 0. The van der Waals surface area contributed by atoms with Crippen molar-refractivity contribution in [1.29, 1.82) is 0 Å². The topological polar surface area (TPSA) is 35.5 Å². The predicted molar refractivity (Wildman–Crippen MR) is 39.4 cm³/mol. The van der Waals surface area contributed by atoms with Crippen LogP contribution in [0.5, 0.6) is 0 Å². The van der Waals surface area contributed by atoms with E-state index in [1.165, 1.54) is 0 Å². The molecule has 1 saturated heterocycles. The van der Waals surface area contributed by atoms with Gasteiger partial charge in [-0.05, 0) is 0 Å². The molecule has 0 spiro atoms. The van der Waals surface area contributed by atoms with Crippen LogP contribution in [0, 0.1) is 5.41 Å². The normalized spacial score (nSPS) is 26.2. The fourth-order valence-electron chi connectivity index (χ4n) is 0.617. The average Bonchev–Trinajstić information content (AvgIpc) is 1.88. The van der Waals surface area contributed by atoms with Crippen LogP contribution in [-0.2, 0) is 13.8 Å². The van der Waals surface area contributed by atoms with E-state index in [1.807, 2.05) is 13.8 Å². The van der Waals surface area contributed by atoms with E-state index >= 15 is 0 Å². The molecule has 0 unspecified atom stereocenters. The smallest absolute Gasteiger partial charge is 0.240 e. The zero-order chi connectivity index (χ0) is 7.61. The Morgan fingerprint density at radius 3 is 2.30 bits per heavy atom. The van der Waals surface area contributed by atoms with E-state index in [9.17, 15) is 4.79 Å². The second-order valence-electron chi connectivity index (χ2n) is 3.10. The predicted octanol–water partition coefficient (Wildman–Crippen LogP) is 1.56. The van der Waals surface area contributed by atoms with Gasteiger partial charge in [0, 0.05) is 5.41 Å². The Labute approximate surface area is 61.6 Å². The molecule has 3 nitrogen and oxygen atoms in total. The van der Waals surface area contributed by atoms with Crippen LogP contribution in [0.4, 0.5) is 0 Å². The minimum atomic E-state index is -1.21. The molecule has 0 aromatic heterocycles. The summed E-state index contributed by atoms with van der Waals surface area (Å²) in [6, 6.07) is 0.741. The third-order valence-electron chi connectivity index (χ3n) is 1.25. The first kappa shape index (κ1) is 8.12. The lowest BCUT2D eigenvalue weighted by molar-refractivity contribution is 0.0665. The molecule has 1 fully saturated rings. The zero-order valence-corrected chi connectivity index (χ0v) is 7.06. The zero-order valence-electron chi connectivity index (χ0n) is 6.16. The average molecular weight is 162 g/mol. The standard InChI is InChI=1S/C6H11O3P/c1-6(2)3-8-10(5-7)9-4-6/h5H,3-4H2,1-2H3. The lowest BCUT2D eigenvalue weighted by Crippen LogP contribution is -2.28. The van der Waals surface area contributed by atoms with Crippen LogP contribution in [0.15, 0.2) is 0 Å². The Hall–Kier alpha value is 0.0200. The van der Waals surface area contributed by atoms with Crippen LogP contribution in [0.1, 0.15) is 13.8 Å². The summed E-state index contributed by atoms with van der Waals surface area (Å²) < 4.78 is 10.2. The number of rotatable bonds is 1. The van der Waals surface area contributed by atoms with Crippen molar-refractivity contribution in [1.82, 2.24) is 0 Å². The fourth-order valence-corrected chi connectivity index (χ4v) is 1.77. The van der Waals surface area contributed by atoms with E-state index in [-0.39, 0.29) is 5.41 Å². The fraction of sp³-hybridized carbons (Fsp3) is 0.833. The van der Waals surface area contributed by atoms with Gasteiger partial charge in [-0.1, -0.05) is 13.8 Å². The number of hydrogen-bond donors (Lipinski definition) is 0.